The van der Waals surface area contributed by atoms with Gasteiger partial charge in [-0.05, 0) is 48.6 Å². The van der Waals surface area contributed by atoms with Gasteiger partial charge >= 0.3 is 12.2 Å². The fourth-order valence-corrected chi connectivity index (χ4v) is 7.79. The first-order valence-electron chi connectivity index (χ1n) is 16.8. The van der Waals surface area contributed by atoms with Crippen molar-refractivity contribution >= 4 is 22.2 Å². The highest BCUT2D eigenvalue weighted by molar-refractivity contribution is 7.89. The molecule has 0 saturated carbocycles. The minimum Gasteiger partial charge on any atom is -0.454 e. The molecule has 0 unspecified atom stereocenters. The topological polar surface area (TPSA) is 189 Å². The van der Waals surface area contributed by atoms with Gasteiger partial charge in [-0.15, -0.1) is 0 Å². The van der Waals surface area contributed by atoms with Gasteiger partial charge in [0.25, 0.3) is 0 Å². The highest BCUT2D eigenvalue weighted by Crippen LogP contribution is 2.35. The summed E-state index contributed by atoms with van der Waals surface area (Å²) >= 11 is 0. The Bertz CT molecular complexity index is 1740. The van der Waals surface area contributed by atoms with Gasteiger partial charge in [-0.1, -0.05) is 26.0 Å². The van der Waals surface area contributed by atoms with E-state index in [0.29, 0.717) is 43.2 Å². The van der Waals surface area contributed by atoms with Crippen molar-refractivity contribution in [2.45, 2.75) is 62.7 Å². The molecule has 2 saturated heterocycles. The number of carbonyl (C=O) groups is 2. The Morgan fingerprint density at radius 1 is 1.08 bits per heavy atom. The number of carbonyl (C=O) groups excluding carboxylic acids is 2. The average Bonchev–Trinajstić information content (AvgIpc) is 3.92. The first-order chi connectivity index (χ1) is 24.5. The van der Waals surface area contributed by atoms with Gasteiger partial charge in [0.2, 0.25) is 16.8 Å². The van der Waals surface area contributed by atoms with Crippen LogP contribution < -0.4 is 24.8 Å². The van der Waals surface area contributed by atoms with E-state index < -0.39 is 46.7 Å². The summed E-state index contributed by atoms with van der Waals surface area (Å²) in [6, 6.07) is 9.97. The third-order valence-electron chi connectivity index (χ3n) is 8.74. The van der Waals surface area contributed by atoms with Gasteiger partial charge in [0.05, 0.1) is 42.5 Å². The first kappa shape index (κ1) is 36.4. The number of benzene rings is 2. The van der Waals surface area contributed by atoms with E-state index in [9.17, 15) is 23.1 Å². The molecular weight excluding hydrogens is 686 g/mol. The van der Waals surface area contributed by atoms with Gasteiger partial charge in [-0.3, -0.25) is 0 Å². The van der Waals surface area contributed by atoms with E-state index >= 15 is 0 Å². The Kier molecular flexibility index (Phi) is 11.6. The lowest BCUT2D eigenvalue weighted by atomic mass is 10.0. The van der Waals surface area contributed by atoms with Gasteiger partial charge in [-0.2, -0.15) is 4.31 Å². The zero-order valence-corrected chi connectivity index (χ0v) is 29.2. The van der Waals surface area contributed by atoms with Crippen LogP contribution in [0.2, 0.25) is 0 Å². The van der Waals surface area contributed by atoms with E-state index in [2.05, 4.69) is 15.6 Å². The normalized spacial score (nSPS) is 20.6. The van der Waals surface area contributed by atoms with Crippen molar-refractivity contribution in [3.63, 3.8) is 0 Å². The van der Waals surface area contributed by atoms with E-state index in [0.717, 1.165) is 0 Å². The number of aliphatic hydroxyl groups excluding tert-OH is 1. The molecule has 17 heteroatoms. The number of sulfonamides is 1. The minimum atomic E-state index is -4.11. The standard InChI is InChI=1S/C34H43N5O11S/c1-22(2)17-39(51(43,44)25-7-8-29-30(16-25)48-21-47-29)18-28(40)27(37-34(42)50-31-19-46-32-26(31)9-14-45-32)15-23-3-5-24(6-4-23)49-33(41)36-11-13-38-12-10-35-20-38/h3-8,10,12,16,20,22,26-28,31-32,40H,9,11,13-15,17-19,21H2,1-2H3,(H,36,41)(H,37,42)/t26-,27-,28+,31-,32+/m0/s1. The van der Waals surface area contributed by atoms with Gasteiger partial charge < -0.3 is 48.7 Å². The molecule has 3 aromatic rings. The van der Waals surface area contributed by atoms with Crippen LogP contribution in [0.4, 0.5) is 9.59 Å². The molecule has 1 aromatic heterocycles. The number of nitrogens with zero attached hydrogens (tertiary/aromatic N) is 3. The van der Waals surface area contributed by atoms with E-state index in [1.807, 2.05) is 18.4 Å². The number of rotatable bonds is 15. The highest BCUT2D eigenvalue weighted by atomic mass is 32.2. The van der Waals surface area contributed by atoms with Crippen LogP contribution in [-0.2, 0) is 37.2 Å². The van der Waals surface area contributed by atoms with E-state index in [1.165, 1.54) is 22.5 Å². The van der Waals surface area contributed by atoms with Crippen molar-refractivity contribution in [1.82, 2.24) is 24.5 Å². The molecule has 51 heavy (non-hydrogen) atoms. The van der Waals surface area contributed by atoms with Crippen LogP contribution in [0.25, 0.3) is 0 Å². The predicted octanol–water partition coefficient (Wildman–Crippen LogP) is 2.51. The quantitative estimate of drug-likeness (QED) is 0.208. The second kappa shape index (κ2) is 16.3. The van der Waals surface area contributed by atoms with Crippen molar-refractivity contribution in [2.75, 3.05) is 39.6 Å². The number of nitrogens with one attached hydrogen (secondary N) is 2. The smallest absolute Gasteiger partial charge is 0.412 e. The Balaban J connectivity index is 1.14. The van der Waals surface area contributed by atoms with Crippen molar-refractivity contribution in [3.05, 3.63) is 66.7 Å². The number of aliphatic hydroxyl groups is 1. The summed E-state index contributed by atoms with van der Waals surface area (Å²) < 4.78 is 63.8. The molecule has 3 aliphatic heterocycles. The number of fused-ring (bicyclic) bond motifs is 2. The maximum Gasteiger partial charge on any atom is 0.412 e. The van der Waals surface area contributed by atoms with Crippen molar-refractivity contribution in [2.24, 2.45) is 11.8 Å². The third kappa shape index (κ3) is 9.28. The molecule has 0 radical (unpaired) electrons. The molecule has 0 bridgehead atoms. The van der Waals surface area contributed by atoms with Crippen molar-refractivity contribution < 1.29 is 51.5 Å². The number of ether oxygens (including phenoxy) is 6. The van der Waals surface area contributed by atoms with Crippen LogP contribution in [0.5, 0.6) is 17.2 Å². The number of aromatic nitrogens is 2. The molecule has 276 valence electrons. The summed E-state index contributed by atoms with van der Waals surface area (Å²) in [5.41, 5.74) is 0.676. The summed E-state index contributed by atoms with van der Waals surface area (Å²) in [6.45, 7) is 5.07. The fraction of sp³-hybridized carbons (Fsp3) is 0.500. The molecule has 2 amide bonds. The lowest BCUT2D eigenvalue weighted by Crippen LogP contribution is -2.51. The molecule has 0 spiro atoms. The Morgan fingerprint density at radius 2 is 1.88 bits per heavy atom. The number of hydrogen-bond acceptors (Lipinski definition) is 12. The van der Waals surface area contributed by atoms with Crippen molar-refractivity contribution in [1.29, 1.82) is 0 Å². The summed E-state index contributed by atoms with van der Waals surface area (Å²) in [5.74, 6) is 0.863. The minimum absolute atomic E-state index is 0.00855. The molecule has 16 nitrogen and oxygen atoms in total. The lowest BCUT2D eigenvalue weighted by Gasteiger charge is -2.31. The fourth-order valence-electron chi connectivity index (χ4n) is 6.15. The first-order valence-corrected chi connectivity index (χ1v) is 18.3. The number of alkyl carbamates (subject to hydrolysis) is 1. The van der Waals surface area contributed by atoms with Gasteiger partial charge in [0.15, 0.2) is 17.8 Å². The molecule has 4 heterocycles. The second-order valence-electron chi connectivity index (χ2n) is 13.0. The SMILES string of the molecule is CC(C)CN(C[C@@H](O)[C@H](Cc1ccc(OC(=O)NCCn2ccnc2)cc1)NC(=O)O[C@H]1CO[C@H]2OCC[C@H]21)S(=O)(=O)c1ccc2c(c1)OCO2. The van der Waals surface area contributed by atoms with Crippen LogP contribution in [0.15, 0.2) is 66.1 Å². The summed E-state index contributed by atoms with van der Waals surface area (Å²) in [4.78, 5) is 29.5. The third-order valence-corrected chi connectivity index (χ3v) is 10.6. The van der Waals surface area contributed by atoms with E-state index in [-0.39, 0.29) is 55.4 Å². The zero-order valence-electron chi connectivity index (χ0n) is 28.4. The van der Waals surface area contributed by atoms with Crippen LogP contribution in [0, 0.1) is 11.8 Å². The van der Waals surface area contributed by atoms with Crippen LogP contribution in [0.3, 0.4) is 0 Å². The number of amides is 2. The molecule has 5 atom stereocenters. The molecule has 2 fully saturated rings. The molecule has 6 rings (SSSR count). The summed E-state index contributed by atoms with van der Waals surface area (Å²) in [5, 5.41) is 17.1. The zero-order chi connectivity index (χ0) is 36.0. The average molecular weight is 730 g/mol. The molecule has 2 aromatic carbocycles. The number of imidazole rings is 1. The maximum atomic E-state index is 13.9. The lowest BCUT2D eigenvalue weighted by molar-refractivity contribution is -0.0907. The second-order valence-corrected chi connectivity index (χ2v) is 14.9. The predicted molar refractivity (Wildman–Crippen MR) is 180 cm³/mol. The van der Waals surface area contributed by atoms with Gasteiger partial charge in [0, 0.05) is 44.6 Å². The monoisotopic (exact) mass is 729 g/mol. The Labute approximate surface area is 296 Å². The van der Waals surface area contributed by atoms with Crippen molar-refractivity contribution in [3.8, 4) is 17.2 Å². The van der Waals surface area contributed by atoms with E-state index in [1.54, 1.807) is 43.0 Å². The Hall–Kier alpha value is -4.42. The van der Waals surface area contributed by atoms with Gasteiger partial charge in [0.1, 0.15) is 11.9 Å². The maximum absolute atomic E-state index is 13.9. The van der Waals surface area contributed by atoms with Crippen LogP contribution >= 0.6 is 0 Å². The largest absolute Gasteiger partial charge is 0.454 e. The summed E-state index contributed by atoms with van der Waals surface area (Å²) in [6.07, 6.45) is 2.16. The summed E-state index contributed by atoms with van der Waals surface area (Å²) in [7, 11) is -4.11. The van der Waals surface area contributed by atoms with E-state index in [4.69, 9.17) is 28.4 Å². The van der Waals surface area contributed by atoms with Gasteiger partial charge in [-0.25, -0.2) is 23.0 Å². The van der Waals surface area contributed by atoms with Crippen LogP contribution in [0.1, 0.15) is 25.8 Å². The molecule has 0 aliphatic carbocycles. The molecular formula is C34H43N5O11S. The van der Waals surface area contributed by atoms with Crippen LogP contribution in [-0.4, -0.2) is 104 Å². The Morgan fingerprint density at radius 3 is 2.65 bits per heavy atom. The number of hydrogen-bond donors (Lipinski definition) is 3. The highest BCUT2D eigenvalue weighted by Gasteiger charge is 2.44. The molecule has 3 aliphatic rings. The molecule has 3 N–H and O–H groups in total.